The summed E-state index contributed by atoms with van der Waals surface area (Å²) in [6, 6.07) is 28.6. The Balaban J connectivity index is 1.44. The summed E-state index contributed by atoms with van der Waals surface area (Å²) in [6.07, 6.45) is 1.82. The molecule has 0 N–H and O–H groups in total. The summed E-state index contributed by atoms with van der Waals surface area (Å²) in [6.45, 7) is 4.10. The maximum Gasteiger partial charge on any atom is 0.338 e. The summed E-state index contributed by atoms with van der Waals surface area (Å²) in [4.78, 5) is 32.5. The van der Waals surface area contributed by atoms with Gasteiger partial charge in [0.25, 0.3) is 5.56 Å². The molecule has 0 amide bonds. The van der Waals surface area contributed by atoms with Crippen molar-refractivity contribution >= 4 is 34.2 Å². The third-order valence-corrected chi connectivity index (χ3v) is 8.40. The van der Waals surface area contributed by atoms with Gasteiger partial charge in [0, 0.05) is 11.1 Å². The summed E-state index contributed by atoms with van der Waals surface area (Å²) < 4.78 is 19.4. The molecule has 0 saturated carbocycles. The molecule has 1 atom stereocenters. The van der Waals surface area contributed by atoms with Crippen LogP contribution in [-0.4, -0.2) is 24.3 Å². The number of aromatic nitrogens is 1. The second-order valence-corrected chi connectivity index (χ2v) is 11.0. The van der Waals surface area contributed by atoms with E-state index in [9.17, 15) is 9.59 Å². The summed E-state index contributed by atoms with van der Waals surface area (Å²) >= 11 is 1.27. The van der Waals surface area contributed by atoms with Crippen LogP contribution in [0, 0.1) is 0 Å². The highest BCUT2D eigenvalue weighted by Gasteiger charge is 2.35. The zero-order chi connectivity index (χ0) is 29.9. The SMILES string of the molecule is CCOC(=O)C1=C(C)N=c2s/c(=C/c3ccccc3OCc3cccc4ccccc34)c(=O)n2[C@H]1c1ccccc1OC. The van der Waals surface area contributed by atoms with E-state index >= 15 is 0 Å². The Morgan fingerprint density at radius 2 is 1.67 bits per heavy atom. The molecular weight excluding hydrogens is 560 g/mol. The minimum atomic E-state index is -0.758. The van der Waals surface area contributed by atoms with Crippen molar-refractivity contribution in [2.75, 3.05) is 13.7 Å². The van der Waals surface area contributed by atoms with Crippen LogP contribution in [0.2, 0.25) is 0 Å². The van der Waals surface area contributed by atoms with E-state index in [1.54, 1.807) is 25.5 Å². The van der Waals surface area contributed by atoms with Crippen molar-refractivity contribution in [2.45, 2.75) is 26.5 Å². The molecule has 216 valence electrons. The number of ether oxygens (including phenoxy) is 3. The van der Waals surface area contributed by atoms with Gasteiger partial charge in [-0.15, -0.1) is 0 Å². The lowest BCUT2D eigenvalue weighted by Gasteiger charge is -2.25. The minimum Gasteiger partial charge on any atom is -0.496 e. The highest BCUT2D eigenvalue weighted by molar-refractivity contribution is 7.07. The number of rotatable bonds is 8. The second-order valence-electron chi connectivity index (χ2n) is 10.0. The molecule has 0 spiro atoms. The average molecular weight is 591 g/mol. The van der Waals surface area contributed by atoms with Crippen LogP contribution in [0.25, 0.3) is 16.8 Å². The first-order valence-corrected chi connectivity index (χ1v) is 14.8. The zero-order valence-corrected chi connectivity index (χ0v) is 24.9. The number of hydrogen-bond donors (Lipinski definition) is 0. The number of thiazole rings is 1. The molecule has 43 heavy (non-hydrogen) atoms. The maximum atomic E-state index is 14.1. The molecule has 8 heteroatoms. The first-order chi connectivity index (χ1) is 21.0. The lowest BCUT2D eigenvalue weighted by molar-refractivity contribution is -0.139. The van der Waals surface area contributed by atoms with Crippen molar-refractivity contribution in [3.05, 3.63) is 139 Å². The number of methoxy groups -OCH3 is 1. The van der Waals surface area contributed by atoms with Gasteiger partial charge in [0.05, 0.1) is 29.5 Å². The number of carbonyl (C=O) groups is 1. The van der Waals surface area contributed by atoms with Gasteiger partial charge in [-0.2, -0.15) is 0 Å². The molecule has 0 radical (unpaired) electrons. The Morgan fingerprint density at radius 3 is 2.49 bits per heavy atom. The third-order valence-electron chi connectivity index (χ3n) is 7.42. The topological polar surface area (TPSA) is 79.1 Å². The largest absolute Gasteiger partial charge is 0.496 e. The van der Waals surface area contributed by atoms with E-state index in [0.29, 0.717) is 44.3 Å². The Hall–Kier alpha value is -4.95. The molecule has 0 bridgehead atoms. The summed E-state index contributed by atoms with van der Waals surface area (Å²) in [7, 11) is 1.57. The fraction of sp³-hybridized carbons (Fsp3) is 0.171. The molecule has 7 nitrogen and oxygen atoms in total. The smallest absolute Gasteiger partial charge is 0.338 e. The molecule has 0 saturated heterocycles. The minimum absolute atomic E-state index is 0.203. The van der Waals surface area contributed by atoms with E-state index in [-0.39, 0.29) is 12.2 Å². The summed E-state index contributed by atoms with van der Waals surface area (Å²) in [5.41, 5.74) is 3.06. The predicted molar refractivity (Wildman–Crippen MR) is 168 cm³/mol. The number of allylic oxidation sites excluding steroid dienone is 1. The number of carbonyl (C=O) groups excluding carboxylic acids is 1. The summed E-state index contributed by atoms with van der Waals surface area (Å²) in [5, 5.41) is 2.29. The fourth-order valence-electron chi connectivity index (χ4n) is 5.42. The van der Waals surface area contributed by atoms with Crippen LogP contribution >= 0.6 is 11.3 Å². The zero-order valence-electron chi connectivity index (χ0n) is 24.1. The van der Waals surface area contributed by atoms with Gasteiger partial charge in [-0.05, 0) is 48.4 Å². The Morgan fingerprint density at radius 1 is 0.953 bits per heavy atom. The molecule has 0 aliphatic carbocycles. The molecule has 1 aliphatic heterocycles. The van der Waals surface area contributed by atoms with Gasteiger partial charge in [-0.1, -0.05) is 90.2 Å². The molecule has 1 aromatic heterocycles. The number of benzene rings is 4. The van der Waals surface area contributed by atoms with Crippen molar-refractivity contribution in [1.29, 1.82) is 0 Å². The van der Waals surface area contributed by atoms with Gasteiger partial charge >= 0.3 is 5.97 Å². The van der Waals surface area contributed by atoms with E-state index in [0.717, 1.165) is 21.9 Å². The molecule has 0 unspecified atom stereocenters. The van der Waals surface area contributed by atoms with Gasteiger partial charge in [0.2, 0.25) is 0 Å². The van der Waals surface area contributed by atoms with Gasteiger partial charge in [0.15, 0.2) is 4.80 Å². The Bertz CT molecular complexity index is 2050. The lowest BCUT2D eigenvalue weighted by Crippen LogP contribution is -2.40. The van der Waals surface area contributed by atoms with Crippen LogP contribution in [-0.2, 0) is 16.1 Å². The lowest BCUT2D eigenvalue weighted by atomic mass is 9.95. The monoisotopic (exact) mass is 590 g/mol. The van der Waals surface area contributed by atoms with Gasteiger partial charge in [-0.3, -0.25) is 9.36 Å². The van der Waals surface area contributed by atoms with E-state index in [2.05, 4.69) is 29.3 Å². The predicted octanol–water partition coefficient (Wildman–Crippen LogP) is 5.54. The molecular formula is C35H30N2O5S. The maximum absolute atomic E-state index is 14.1. The number of nitrogens with zero attached hydrogens (tertiary/aromatic N) is 2. The van der Waals surface area contributed by atoms with E-state index < -0.39 is 12.0 Å². The van der Waals surface area contributed by atoms with E-state index in [1.165, 1.54) is 11.3 Å². The van der Waals surface area contributed by atoms with Crippen LogP contribution in [0.15, 0.2) is 112 Å². The number of esters is 1. The normalized spacial score (nSPS) is 14.8. The molecule has 4 aromatic carbocycles. The third kappa shape index (κ3) is 5.37. The second kappa shape index (κ2) is 12.1. The number of hydrogen-bond acceptors (Lipinski definition) is 7. The van der Waals surface area contributed by atoms with Gasteiger partial charge in [0.1, 0.15) is 24.1 Å². The molecule has 1 aliphatic rings. The van der Waals surface area contributed by atoms with Crippen LogP contribution in [0.5, 0.6) is 11.5 Å². The van der Waals surface area contributed by atoms with Crippen LogP contribution in [0.4, 0.5) is 0 Å². The van der Waals surface area contributed by atoms with Crippen molar-refractivity contribution in [3.63, 3.8) is 0 Å². The van der Waals surface area contributed by atoms with Crippen LogP contribution in [0.1, 0.15) is 36.6 Å². The first kappa shape index (κ1) is 28.2. The van der Waals surface area contributed by atoms with Crippen molar-refractivity contribution in [3.8, 4) is 11.5 Å². The molecule has 5 aromatic rings. The first-order valence-electron chi connectivity index (χ1n) is 14.0. The van der Waals surface area contributed by atoms with Crippen molar-refractivity contribution in [1.82, 2.24) is 4.57 Å². The molecule has 2 heterocycles. The Labute approximate surface area is 252 Å². The van der Waals surface area contributed by atoms with Gasteiger partial charge in [-0.25, -0.2) is 9.79 Å². The van der Waals surface area contributed by atoms with E-state index in [4.69, 9.17) is 14.2 Å². The average Bonchev–Trinajstić information content (AvgIpc) is 3.33. The fourth-order valence-corrected chi connectivity index (χ4v) is 6.46. The van der Waals surface area contributed by atoms with Crippen LogP contribution < -0.4 is 24.4 Å². The van der Waals surface area contributed by atoms with Crippen molar-refractivity contribution in [2.24, 2.45) is 4.99 Å². The summed E-state index contributed by atoms with van der Waals surface area (Å²) in [5.74, 6) is 0.706. The highest BCUT2D eigenvalue weighted by Crippen LogP contribution is 2.35. The van der Waals surface area contributed by atoms with Crippen molar-refractivity contribution < 1.29 is 19.0 Å². The standard InChI is InChI=1S/C35H30N2O5S/c1-4-41-34(39)31-22(2)36-35-37(32(31)27-17-8-10-19-29(27)40-3)33(38)30(43-35)20-24-13-6-9-18-28(24)42-21-25-15-11-14-23-12-5-7-16-26(23)25/h5-20,32H,4,21H2,1-3H3/b30-20+/t32-/m0/s1. The number of para-hydroxylation sites is 2. The van der Waals surface area contributed by atoms with Gasteiger partial charge < -0.3 is 14.2 Å². The molecule has 0 fully saturated rings. The quantitative estimate of drug-likeness (QED) is 0.222. The van der Waals surface area contributed by atoms with Crippen LogP contribution in [0.3, 0.4) is 0 Å². The molecule has 6 rings (SSSR count). The van der Waals surface area contributed by atoms with E-state index in [1.807, 2.05) is 72.8 Å². The number of fused-ring (bicyclic) bond motifs is 2. The highest BCUT2D eigenvalue weighted by atomic mass is 32.1. The Kier molecular flexibility index (Phi) is 7.94.